The highest BCUT2D eigenvalue weighted by Gasteiger charge is 2.10. The van der Waals surface area contributed by atoms with Crippen LogP contribution >= 0.6 is 23.4 Å². The molecule has 7 heteroatoms. The Bertz CT molecular complexity index is 482. The zero-order valence-electron chi connectivity index (χ0n) is 8.04. The Morgan fingerprint density at radius 2 is 2.12 bits per heavy atom. The lowest BCUT2D eigenvalue weighted by atomic mass is 10.4. The summed E-state index contributed by atoms with van der Waals surface area (Å²) in [6, 6.07) is 1.75. The summed E-state index contributed by atoms with van der Waals surface area (Å²) in [7, 11) is 0. The third kappa shape index (κ3) is 2.46. The summed E-state index contributed by atoms with van der Waals surface area (Å²) in [5, 5.41) is 10.8. The van der Waals surface area contributed by atoms with E-state index in [0.717, 1.165) is 5.03 Å². The van der Waals surface area contributed by atoms with Crippen molar-refractivity contribution in [3.63, 3.8) is 0 Å². The lowest BCUT2D eigenvalue weighted by Crippen LogP contribution is -1.95. The van der Waals surface area contributed by atoms with Crippen molar-refractivity contribution in [1.82, 2.24) is 19.9 Å². The molecule has 2 rings (SSSR count). The summed E-state index contributed by atoms with van der Waals surface area (Å²) in [5.41, 5.74) is 0.507. The van der Waals surface area contributed by atoms with Crippen LogP contribution in [0.2, 0.25) is 5.15 Å². The quantitative estimate of drug-likeness (QED) is 0.839. The second-order valence-corrected chi connectivity index (χ2v) is 4.12. The van der Waals surface area contributed by atoms with E-state index in [1.165, 1.54) is 24.4 Å². The van der Waals surface area contributed by atoms with Gasteiger partial charge in [0, 0.05) is 11.8 Å². The number of rotatable bonds is 3. The van der Waals surface area contributed by atoms with Crippen molar-refractivity contribution in [3.05, 3.63) is 35.6 Å². The maximum atomic E-state index is 9.17. The van der Waals surface area contributed by atoms with Crippen LogP contribution < -0.4 is 0 Å². The van der Waals surface area contributed by atoms with E-state index in [4.69, 9.17) is 16.7 Å². The third-order valence-corrected chi connectivity index (χ3v) is 3.09. The van der Waals surface area contributed by atoms with Crippen molar-refractivity contribution in [1.29, 1.82) is 0 Å². The topological polar surface area (TPSA) is 71.8 Å². The molecule has 1 N–H and O–H groups in total. The van der Waals surface area contributed by atoms with E-state index in [-0.39, 0.29) is 11.8 Å². The number of nitrogens with zero attached hydrogens (tertiary/aromatic N) is 4. The molecule has 2 aromatic rings. The minimum Gasteiger partial charge on any atom is -0.391 e. The van der Waals surface area contributed by atoms with Crippen LogP contribution in [0.25, 0.3) is 0 Å². The zero-order valence-corrected chi connectivity index (χ0v) is 9.61. The molecule has 0 aliphatic rings. The molecule has 2 heterocycles. The molecule has 0 unspecified atom stereocenters. The molecule has 0 amide bonds. The van der Waals surface area contributed by atoms with Crippen molar-refractivity contribution in [2.24, 2.45) is 0 Å². The second kappa shape index (κ2) is 5.20. The fourth-order valence-corrected chi connectivity index (χ4v) is 2.09. The molecule has 0 saturated carbocycles. The van der Waals surface area contributed by atoms with Gasteiger partial charge in [-0.3, -0.25) is 0 Å². The summed E-state index contributed by atoms with van der Waals surface area (Å²) in [6.45, 7) is -0.201. The van der Waals surface area contributed by atoms with Crippen molar-refractivity contribution in [2.75, 3.05) is 0 Å². The normalized spacial score (nSPS) is 10.4. The first kappa shape index (κ1) is 11.3. The second-order valence-electron chi connectivity index (χ2n) is 2.76. The highest BCUT2D eigenvalue weighted by molar-refractivity contribution is 7.99. The zero-order chi connectivity index (χ0) is 11.4. The first-order valence-electron chi connectivity index (χ1n) is 4.35. The molecular weight excluding hydrogens is 248 g/mol. The first-order valence-corrected chi connectivity index (χ1v) is 5.55. The Morgan fingerprint density at radius 1 is 1.25 bits per heavy atom. The Labute approximate surface area is 101 Å². The van der Waals surface area contributed by atoms with Crippen molar-refractivity contribution < 1.29 is 5.11 Å². The fourth-order valence-electron chi connectivity index (χ4n) is 1.03. The molecule has 0 aliphatic carbocycles. The Hall–Kier alpha value is -1.24. The predicted octanol–water partition coefficient (Wildman–Crippen LogP) is 1.56. The van der Waals surface area contributed by atoms with Crippen LogP contribution in [0.1, 0.15) is 5.56 Å². The van der Waals surface area contributed by atoms with Gasteiger partial charge in [0.05, 0.1) is 6.61 Å². The van der Waals surface area contributed by atoms with E-state index in [9.17, 15) is 0 Å². The van der Waals surface area contributed by atoms with Gasteiger partial charge < -0.3 is 5.11 Å². The predicted molar refractivity (Wildman–Crippen MR) is 59.1 cm³/mol. The Morgan fingerprint density at radius 3 is 2.81 bits per heavy atom. The van der Waals surface area contributed by atoms with Gasteiger partial charge in [0.25, 0.3) is 0 Å². The lowest BCUT2D eigenvalue weighted by molar-refractivity contribution is 0.277. The van der Waals surface area contributed by atoms with Gasteiger partial charge in [-0.05, 0) is 17.8 Å². The molecule has 0 aliphatic heterocycles. The molecule has 0 fully saturated rings. The van der Waals surface area contributed by atoms with Crippen molar-refractivity contribution in [3.8, 4) is 0 Å². The molecule has 16 heavy (non-hydrogen) atoms. The molecule has 0 spiro atoms. The monoisotopic (exact) mass is 254 g/mol. The van der Waals surface area contributed by atoms with Crippen LogP contribution in [0.4, 0.5) is 0 Å². The van der Waals surface area contributed by atoms with E-state index in [1.807, 2.05) is 0 Å². The van der Waals surface area contributed by atoms with E-state index < -0.39 is 0 Å². The van der Waals surface area contributed by atoms with E-state index in [1.54, 1.807) is 12.3 Å². The van der Waals surface area contributed by atoms with Gasteiger partial charge in [-0.25, -0.2) is 19.9 Å². The summed E-state index contributed by atoms with van der Waals surface area (Å²) in [6.07, 6.45) is 4.44. The van der Waals surface area contributed by atoms with Crippen LogP contribution in [0.3, 0.4) is 0 Å². The SMILES string of the molecule is OCc1c(Cl)ncnc1Sc1ccncn1. The van der Waals surface area contributed by atoms with E-state index in [0.29, 0.717) is 10.6 Å². The van der Waals surface area contributed by atoms with Gasteiger partial charge in [-0.1, -0.05) is 11.6 Å². The minimum atomic E-state index is -0.201. The maximum Gasteiger partial charge on any atom is 0.139 e. The minimum absolute atomic E-state index is 0.201. The average molecular weight is 255 g/mol. The number of hydrogen-bond donors (Lipinski definition) is 1. The van der Waals surface area contributed by atoms with Gasteiger partial charge in [0.2, 0.25) is 0 Å². The van der Waals surface area contributed by atoms with E-state index in [2.05, 4.69) is 19.9 Å². The van der Waals surface area contributed by atoms with E-state index >= 15 is 0 Å². The van der Waals surface area contributed by atoms with Crippen LogP contribution in [0, 0.1) is 0 Å². The highest BCUT2D eigenvalue weighted by Crippen LogP contribution is 2.29. The Balaban J connectivity index is 2.31. The first-order chi connectivity index (χ1) is 7.81. The van der Waals surface area contributed by atoms with Gasteiger partial charge in [0.15, 0.2) is 0 Å². The lowest BCUT2D eigenvalue weighted by Gasteiger charge is -2.05. The fraction of sp³-hybridized carbons (Fsp3) is 0.111. The molecule has 0 aromatic carbocycles. The van der Waals surface area contributed by atoms with Crippen LogP contribution in [-0.2, 0) is 6.61 Å². The van der Waals surface area contributed by atoms with Crippen LogP contribution in [-0.4, -0.2) is 25.0 Å². The standard InChI is InChI=1S/C9H7ClN4OS/c10-8-6(3-15)9(14-5-13-8)16-7-1-2-11-4-12-7/h1-2,4-5,15H,3H2. The Kier molecular flexibility index (Phi) is 3.66. The molecule has 0 atom stereocenters. The molecule has 5 nitrogen and oxygen atoms in total. The summed E-state index contributed by atoms with van der Waals surface area (Å²) in [5.74, 6) is 0. The number of aliphatic hydroxyl groups is 1. The summed E-state index contributed by atoms with van der Waals surface area (Å²) < 4.78 is 0. The number of aliphatic hydroxyl groups excluding tert-OH is 1. The van der Waals surface area contributed by atoms with Gasteiger partial charge >= 0.3 is 0 Å². The largest absolute Gasteiger partial charge is 0.391 e. The highest BCUT2D eigenvalue weighted by atomic mass is 35.5. The summed E-state index contributed by atoms with van der Waals surface area (Å²) >= 11 is 7.14. The molecule has 2 aromatic heterocycles. The molecular formula is C9H7ClN4OS. The third-order valence-electron chi connectivity index (χ3n) is 1.77. The van der Waals surface area contributed by atoms with Crippen molar-refractivity contribution >= 4 is 23.4 Å². The average Bonchev–Trinajstić information content (AvgIpc) is 2.31. The maximum absolute atomic E-state index is 9.17. The van der Waals surface area contributed by atoms with Crippen LogP contribution in [0.5, 0.6) is 0 Å². The molecule has 0 radical (unpaired) electrons. The molecule has 0 saturated heterocycles. The van der Waals surface area contributed by atoms with Crippen LogP contribution in [0.15, 0.2) is 35.0 Å². The smallest absolute Gasteiger partial charge is 0.139 e. The van der Waals surface area contributed by atoms with Crippen molar-refractivity contribution in [2.45, 2.75) is 16.7 Å². The molecule has 82 valence electrons. The van der Waals surface area contributed by atoms with Gasteiger partial charge in [-0.15, -0.1) is 0 Å². The number of aromatic nitrogens is 4. The van der Waals surface area contributed by atoms with Gasteiger partial charge in [-0.2, -0.15) is 0 Å². The number of hydrogen-bond acceptors (Lipinski definition) is 6. The summed E-state index contributed by atoms with van der Waals surface area (Å²) in [4.78, 5) is 15.7. The molecule has 0 bridgehead atoms. The number of halogens is 1. The van der Waals surface area contributed by atoms with Gasteiger partial charge in [0.1, 0.15) is 27.9 Å².